The standard InChI is InChI=1S/C12H11N5/c1-17-7-9(5-15-17)8-2-3-10-11(4-8)14-6-12(13)16-10/h2-7H,1H3,(H2,13,16). The molecule has 0 saturated carbocycles. The van der Waals surface area contributed by atoms with Crippen molar-refractivity contribution in [1.29, 1.82) is 0 Å². The number of rotatable bonds is 1. The Morgan fingerprint density at radius 2 is 2.00 bits per heavy atom. The normalized spacial score (nSPS) is 10.9. The molecule has 3 rings (SSSR count). The molecule has 3 aromatic rings. The Kier molecular flexibility index (Phi) is 2.04. The van der Waals surface area contributed by atoms with E-state index >= 15 is 0 Å². The Morgan fingerprint density at radius 1 is 1.12 bits per heavy atom. The minimum atomic E-state index is 0.437. The van der Waals surface area contributed by atoms with Crippen molar-refractivity contribution in [1.82, 2.24) is 19.7 Å². The molecule has 2 N–H and O–H groups in total. The van der Waals surface area contributed by atoms with Gasteiger partial charge in [-0.15, -0.1) is 0 Å². The van der Waals surface area contributed by atoms with Crippen LogP contribution in [0.3, 0.4) is 0 Å². The van der Waals surface area contributed by atoms with Crippen molar-refractivity contribution in [2.24, 2.45) is 7.05 Å². The van der Waals surface area contributed by atoms with Gasteiger partial charge in [-0.05, 0) is 17.7 Å². The van der Waals surface area contributed by atoms with Crippen LogP contribution >= 0.6 is 0 Å². The molecule has 5 heteroatoms. The molecule has 17 heavy (non-hydrogen) atoms. The lowest BCUT2D eigenvalue weighted by molar-refractivity contribution is 0.768. The van der Waals surface area contributed by atoms with E-state index in [0.29, 0.717) is 5.82 Å². The molecular formula is C12H11N5. The average Bonchev–Trinajstić information content (AvgIpc) is 2.75. The third kappa shape index (κ3) is 1.71. The van der Waals surface area contributed by atoms with E-state index in [2.05, 4.69) is 15.1 Å². The predicted molar refractivity (Wildman–Crippen MR) is 66.2 cm³/mol. The minimum Gasteiger partial charge on any atom is -0.382 e. The van der Waals surface area contributed by atoms with Gasteiger partial charge in [0.2, 0.25) is 0 Å². The third-order valence-electron chi connectivity index (χ3n) is 2.60. The van der Waals surface area contributed by atoms with Gasteiger partial charge in [0, 0.05) is 18.8 Å². The number of aryl methyl sites for hydroxylation is 1. The summed E-state index contributed by atoms with van der Waals surface area (Å²) in [4.78, 5) is 8.47. The fraction of sp³-hybridized carbons (Fsp3) is 0.0833. The lowest BCUT2D eigenvalue weighted by atomic mass is 10.1. The van der Waals surface area contributed by atoms with Gasteiger partial charge in [-0.2, -0.15) is 5.10 Å². The number of fused-ring (bicyclic) bond motifs is 1. The zero-order valence-electron chi connectivity index (χ0n) is 9.33. The Labute approximate surface area is 97.9 Å². The maximum Gasteiger partial charge on any atom is 0.142 e. The van der Waals surface area contributed by atoms with Crippen LogP contribution in [-0.4, -0.2) is 19.7 Å². The number of nitrogens with zero attached hydrogens (tertiary/aromatic N) is 4. The fourth-order valence-electron chi connectivity index (χ4n) is 1.77. The van der Waals surface area contributed by atoms with Crippen LogP contribution in [0.15, 0.2) is 36.8 Å². The summed E-state index contributed by atoms with van der Waals surface area (Å²) in [7, 11) is 1.89. The second-order valence-electron chi connectivity index (χ2n) is 3.90. The van der Waals surface area contributed by atoms with E-state index < -0.39 is 0 Å². The summed E-state index contributed by atoms with van der Waals surface area (Å²) in [5.41, 5.74) is 9.36. The highest BCUT2D eigenvalue weighted by molar-refractivity contribution is 5.81. The lowest BCUT2D eigenvalue weighted by Gasteiger charge is -2.01. The van der Waals surface area contributed by atoms with Crippen LogP contribution in [0.2, 0.25) is 0 Å². The van der Waals surface area contributed by atoms with E-state index in [0.717, 1.165) is 22.2 Å². The first-order valence-corrected chi connectivity index (χ1v) is 5.24. The van der Waals surface area contributed by atoms with Crippen molar-refractivity contribution >= 4 is 16.9 Å². The van der Waals surface area contributed by atoms with Gasteiger partial charge >= 0.3 is 0 Å². The van der Waals surface area contributed by atoms with Crippen LogP contribution < -0.4 is 5.73 Å². The molecule has 1 aromatic carbocycles. The summed E-state index contributed by atoms with van der Waals surface area (Å²) >= 11 is 0. The highest BCUT2D eigenvalue weighted by Gasteiger charge is 2.03. The number of nitrogens with two attached hydrogens (primary N) is 1. The van der Waals surface area contributed by atoms with Crippen molar-refractivity contribution in [3.05, 3.63) is 36.8 Å². The Balaban J connectivity index is 2.16. The molecule has 0 spiro atoms. The van der Waals surface area contributed by atoms with Crippen LogP contribution in [0.5, 0.6) is 0 Å². The summed E-state index contributed by atoms with van der Waals surface area (Å²) < 4.78 is 1.77. The van der Waals surface area contributed by atoms with Gasteiger partial charge in [0.1, 0.15) is 5.82 Å². The lowest BCUT2D eigenvalue weighted by Crippen LogP contribution is -1.92. The molecule has 0 radical (unpaired) electrons. The first-order chi connectivity index (χ1) is 8.22. The summed E-state index contributed by atoms with van der Waals surface area (Å²) in [6.45, 7) is 0. The largest absolute Gasteiger partial charge is 0.382 e. The van der Waals surface area contributed by atoms with Gasteiger partial charge in [-0.25, -0.2) is 4.98 Å². The van der Waals surface area contributed by atoms with Crippen LogP contribution in [0, 0.1) is 0 Å². The Hall–Kier alpha value is -2.43. The van der Waals surface area contributed by atoms with Crippen molar-refractivity contribution in [2.45, 2.75) is 0 Å². The summed E-state index contributed by atoms with van der Waals surface area (Å²) in [6, 6.07) is 5.90. The molecule has 0 atom stereocenters. The molecule has 0 fully saturated rings. The van der Waals surface area contributed by atoms with Crippen molar-refractivity contribution < 1.29 is 0 Å². The van der Waals surface area contributed by atoms with Crippen LogP contribution in [0.4, 0.5) is 5.82 Å². The minimum absolute atomic E-state index is 0.437. The van der Waals surface area contributed by atoms with E-state index in [-0.39, 0.29) is 0 Å². The van der Waals surface area contributed by atoms with E-state index in [1.54, 1.807) is 10.9 Å². The summed E-state index contributed by atoms with van der Waals surface area (Å²) in [5, 5.41) is 4.15. The van der Waals surface area contributed by atoms with E-state index in [1.807, 2.05) is 37.6 Å². The third-order valence-corrected chi connectivity index (χ3v) is 2.60. The fourth-order valence-corrected chi connectivity index (χ4v) is 1.77. The molecule has 2 aromatic heterocycles. The van der Waals surface area contributed by atoms with E-state index in [9.17, 15) is 0 Å². The quantitative estimate of drug-likeness (QED) is 0.683. The van der Waals surface area contributed by atoms with Crippen molar-refractivity contribution in [3.63, 3.8) is 0 Å². The average molecular weight is 225 g/mol. The summed E-state index contributed by atoms with van der Waals surface area (Å²) in [6.07, 6.45) is 5.35. The highest BCUT2D eigenvalue weighted by atomic mass is 15.2. The zero-order chi connectivity index (χ0) is 11.8. The van der Waals surface area contributed by atoms with Crippen LogP contribution in [0.1, 0.15) is 0 Å². The van der Waals surface area contributed by atoms with Crippen molar-refractivity contribution in [2.75, 3.05) is 5.73 Å². The van der Waals surface area contributed by atoms with Gasteiger partial charge in [-0.3, -0.25) is 9.67 Å². The van der Waals surface area contributed by atoms with Gasteiger partial charge in [0.05, 0.1) is 23.4 Å². The van der Waals surface area contributed by atoms with Gasteiger partial charge in [0.15, 0.2) is 0 Å². The summed E-state index contributed by atoms with van der Waals surface area (Å²) in [5.74, 6) is 0.437. The maximum absolute atomic E-state index is 5.59. The van der Waals surface area contributed by atoms with Crippen LogP contribution in [-0.2, 0) is 7.05 Å². The SMILES string of the molecule is Cn1cc(-c2ccc3nc(N)cnc3c2)cn1. The molecule has 0 saturated heterocycles. The monoisotopic (exact) mass is 225 g/mol. The number of nitrogen functional groups attached to an aromatic ring is 1. The van der Waals surface area contributed by atoms with E-state index in [4.69, 9.17) is 5.73 Å². The number of hydrogen-bond acceptors (Lipinski definition) is 4. The molecule has 2 heterocycles. The molecule has 0 aliphatic heterocycles. The molecular weight excluding hydrogens is 214 g/mol. The molecule has 0 unspecified atom stereocenters. The highest BCUT2D eigenvalue weighted by Crippen LogP contribution is 2.22. The van der Waals surface area contributed by atoms with Crippen molar-refractivity contribution in [3.8, 4) is 11.1 Å². The van der Waals surface area contributed by atoms with Gasteiger partial charge in [0.25, 0.3) is 0 Å². The van der Waals surface area contributed by atoms with Gasteiger partial charge < -0.3 is 5.73 Å². The second kappa shape index (κ2) is 3.55. The predicted octanol–water partition coefficient (Wildman–Crippen LogP) is 1.61. The Bertz CT molecular complexity index is 686. The first-order valence-electron chi connectivity index (χ1n) is 5.24. The van der Waals surface area contributed by atoms with Gasteiger partial charge in [-0.1, -0.05) is 6.07 Å². The number of anilines is 1. The Morgan fingerprint density at radius 3 is 2.76 bits per heavy atom. The second-order valence-corrected chi connectivity index (χ2v) is 3.90. The molecule has 0 aliphatic rings. The molecule has 0 bridgehead atoms. The number of hydrogen-bond donors (Lipinski definition) is 1. The smallest absolute Gasteiger partial charge is 0.142 e. The van der Waals surface area contributed by atoms with E-state index in [1.165, 1.54) is 0 Å². The number of aromatic nitrogens is 4. The molecule has 84 valence electrons. The number of benzene rings is 1. The van der Waals surface area contributed by atoms with Crippen LogP contribution in [0.25, 0.3) is 22.2 Å². The maximum atomic E-state index is 5.59. The zero-order valence-corrected chi connectivity index (χ0v) is 9.33. The molecule has 0 aliphatic carbocycles. The first kappa shape index (κ1) is 9.77. The topological polar surface area (TPSA) is 69.6 Å². The molecule has 0 amide bonds. The molecule has 5 nitrogen and oxygen atoms in total.